The lowest BCUT2D eigenvalue weighted by atomic mass is 10.0. The molecule has 11 nitrogen and oxygen atoms in total. The predicted octanol–water partition coefficient (Wildman–Crippen LogP) is 13.2. The number of phosphoric acid groups is 1. The molecule has 0 saturated heterocycles. The van der Waals surface area contributed by atoms with Crippen molar-refractivity contribution in [3.63, 3.8) is 0 Å². The molecule has 0 heterocycles. The van der Waals surface area contributed by atoms with Crippen LogP contribution in [0.3, 0.4) is 0 Å². The van der Waals surface area contributed by atoms with Crippen LogP contribution in [0.15, 0.2) is 36.5 Å². The summed E-state index contributed by atoms with van der Waals surface area (Å²) in [6, 6.07) is -1.55. The number of ether oxygens (including phenoxy) is 1. The van der Waals surface area contributed by atoms with Crippen LogP contribution in [0, 0.1) is 0 Å². The van der Waals surface area contributed by atoms with Gasteiger partial charge in [-0.05, 0) is 44.9 Å². The van der Waals surface area contributed by atoms with E-state index in [-0.39, 0.29) is 12.8 Å². The van der Waals surface area contributed by atoms with Gasteiger partial charge in [-0.25, -0.2) is 9.36 Å². The summed E-state index contributed by atoms with van der Waals surface area (Å²) in [5.41, 5.74) is 0. The average molecular weight is 884 g/mol. The Bertz CT molecular complexity index is 1180. The van der Waals surface area contributed by atoms with Crippen LogP contribution in [0.4, 0.5) is 0 Å². The van der Waals surface area contributed by atoms with Gasteiger partial charge in [-0.15, -0.1) is 0 Å². The number of hydrogen-bond acceptors (Lipinski definition) is 8. The van der Waals surface area contributed by atoms with Gasteiger partial charge in [-0.1, -0.05) is 204 Å². The van der Waals surface area contributed by atoms with Crippen LogP contribution in [0.25, 0.3) is 0 Å². The summed E-state index contributed by atoms with van der Waals surface area (Å²) in [5.74, 6) is -2.38. The Kier molecular flexibility index (Phi) is 42.6. The molecule has 4 N–H and O–H groups in total. The first-order valence-corrected chi connectivity index (χ1v) is 26.0. The highest BCUT2D eigenvalue weighted by molar-refractivity contribution is 7.47. The number of carbonyl (C=O) groups excluding carboxylic acids is 2. The summed E-state index contributed by atoms with van der Waals surface area (Å²) >= 11 is 0. The van der Waals surface area contributed by atoms with E-state index in [1.807, 2.05) is 0 Å². The average Bonchev–Trinajstić information content (AvgIpc) is 3.24. The van der Waals surface area contributed by atoms with Crippen molar-refractivity contribution in [3.05, 3.63) is 36.5 Å². The van der Waals surface area contributed by atoms with Gasteiger partial charge in [-0.2, -0.15) is 0 Å². The van der Waals surface area contributed by atoms with E-state index in [0.717, 1.165) is 70.6 Å². The minimum atomic E-state index is -4.76. The number of esters is 1. The van der Waals surface area contributed by atoms with Crippen molar-refractivity contribution in [1.29, 1.82) is 0 Å². The topological polar surface area (TPSA) is 169 Å². The monoisotopic (exact) mass is 884 g/mol. The predicted molar refractivity (Wildman–Crippen MR) is 249 cm³/mol. The Balaban J connectivity index is 3.83. The number of aliphatic hydroxyl groups is 1. The highest BCUT2D eigenvalue weighted by Gasteiger charge is 2.28. The molecule has 0 bridgehead atoms. The molecule has 0 aromatic heterocycles. The Morgan fingerprint density at radius 2 is 0.951 bits per heavy atom. The molecule has 12 heteroatoms. The molecule has 1 amide bonds. The fourth-order valence-corrected chi connectivity index (χ4v) is 7.69. The third-order valence-corrected chi connectivity index (χ3v) is 11.6. The minimum Gasteiger partial charge on any atom is -0.480 e. The molecule has 0 aliphatic rings. The third-order valence-electron chi connectivity index (χ3n) is 10.7. The number of hydrogen-bond donors (Lipinski definition) is 4. The maximum atomic E-state index is 12.4. The lowest BCUT2D eigenvalue weighted by Gasteiger charge is -2.18. The number of aliphatic hydroxyl groups excluding tert-OH is 1. The molecule has 3 unspecified atom stereocenters. The molecule has 0 fully saturated rings. The summed E-state index contributed by atoms with van der Waals surface area (Å²) < 4.78 is 26.9. The molecule has 0 aliphatic heterocycles. The molecule has 356 valence electrons. The van der Waals surface area contributed by atoms with E-state index < -0.39 is 57.6 Å². The van der Waals surface area contributed by atoms with Crippen molar-refractivity contribution in [2.75, 3.05) is 19.8 Å². The molecule has 0 aliphatic carbocycles. The number of unbranched alkanes of at least 4 members (excludes halogenated alkanes) is 26. The zero-order chi connectivity index (χ0) is 44.9. The molecular weight excluding hydrogens is 794 g/mol. The second kappa shape index (κ2) is 44.3. The van der Waals surface area contributed by atoms with Crippen LogP contribution < -0.4 is 5.32 Å². The molecule has 0 spiro atoms. The second-order valence-electron chi connectivity index (χ2n) is 16.6. The van der Waals surface area contributed by atoms with Gasteiger partial charge < -0.3 is 25.2 Å². The molecule has 0 aromatic rings. The SMILES string of the molecule is CC/C=C\C/C=C\C/C=C\CCCCCCCC(=O)OCC(O)COP(=O)(O)OCC(NC(=O)CCCCCCCCCCCCCCCCCCCCCCCC)C(=O)O. The van der Waals surface area contributed by atoms with Crippen LogP contribution >= 0.6 is 7.82 Å². The normalized spacial score (nSPS) is 13.9. The third kappa shape index (κ3) is 44.1. The number of aliphatic carboxylic acids is 1. The number of amides is 1. The van der Waals surface area contributed by atoms with E-state index in [2.05, 4.69) is 55.6 Å². The van der Waals surface area contributed by atoms with Gasteiger partial charge in [0, 0.05) is 12.8 Å². The highest BCUT2D eigenvalue weighted by Crippen LogP contribution is 2.43. The first-order valence-electron chi connectivity index (χ1n) is 24.5. The van der Waals surface area contributed by atoms with Crippen molar-refractivity contribution in [2.24, 2.45) is 0 Å². The fourth-order valence-electron chi connectivity index (χ4n) is 6.92. The molecule has 0 rings (SSSR count). The van der Waals surface area contributed by atoms with E-state index in [9.17, 15) is 34.1 Å². The smallest absolute Gasteiger partial charge is 0.472 e. The van der Waals surface area contributed by atoms with Crippen molar-refractivity contribution < 1.29 is 47.8 Å². The van der Waals surface area contributed by atoms with Gasteiger partial charge in [0.1, 0.15) is 12.7 Å². The van der Waals surface area contributed by atoms with Gasteiger partial charge in [0.2, 0.25) is 5.91 Å². The Hall–Kier alpha value is -2.30. The number of phosphoric ester groups is 1. The Labute approximate surface area is 371 Å². The van der Waals surface area contributed by atoms with E-state index in [0.29, 0.717) is 12.8 Å². The number of carboxylic acids is 1. The lowest BCUT2D eigenvalue weighted by Crippen LogP contribution is -2.43. The van der Waals surface area contributed by atoms with E-state index in [1.54, 1.807) is 0 Å². The maximum absolute atomic E-state index is 12.4. The first kappa shape index (κ1) is 58.7. The number of carboxylic acid groups (broad SMARTS) is 1. The first-order chi connectivity index (χ1) is 29.6. The number of allylic oxidation sites excluding steroid dienone is 6. The summed E-state index contributed by atoms with van der Waals surface area (Å²) in [5, 5.41) is 21.9. The number of rotatable bonds is 46. The second-order valence-corrected chi connectivity index (χ2v) is 18.1. The van der Waals surface area contributed by atoms with Gasteiger partial charge in [0.05, 0.1) is 13.2 Å². The van der Waals surface area contributed by atoms with Crippen LogP contribution in [0.1, 0.15) is 226 Å². The molecular formula is C49H90NO10P. The quantitative estimate of drug-likeness (QED) is 0.0200. The van der Waals surface area contributed by atoms with E-state index in [4.69, 9.17) is 13.8 Å². The minimum absolute atomic E-state index is 0.148. The fraction of sp³-hybridized carbons (Fsp3) is 0.816. The zero-order valence-electron chi connectivity index (χ0n) is 38.7. The standard InChI is InChI=1S/C49H90NO10P/c1-3-5-7-9-11-13-15-17-19-20-21-22-23-24-25-27-28-30-32-34-36-38-40-47(52)50-46(49(54)55)44-60-61(56,57)59-43-45(51)42-58-48(53)41-39-37-35-33-31-29-26-18-16-14-12-10-8-6-4-2/h6,8,12,14,18,26,45-46,51H,3-5,7,9-11,13,15-17,19-25,27-44H2,1-2H3,(H,50,52)(H,54,55)(H,56,57)/b8-6-,14-12-,26-18-. The van der Waals surface area contributed by atoms with Crippen molar-refractivity contribution in [2.45, 2.75) is 238 Å². The maximum Gasteiger partial charge on any atom is 0.472 e. The van der Waals surface area contributed by atoms with Crippen LogP contribution in [-0.2, 0) is 32.7 Å². The van der Waals surface area contributed by atoms with Crippen molar-refractivity contribution >= 4 is 25.7 Å². The summed E-state index contributed by atoms with van der Waals surface area (Å²) in [6.07, 6.45) is 48.9. The number of carbonyl (C=O) groups is 3. The largest absolute Gasteiger partial charge is 0.480 e. The van der Waals surface area contributed by atoms with Crippen LogP contribution in [-0.4, -0.2) is 64.9 Å². The van der Waals surface area contributed by atoms with Crippen molar-refractivity contribution in [1.82, 2.24) is 5.32 Å². The summed E-state index contributed by atoms with van der Waals surface area (Å²) in [6.45, 7) is 2.49. The van der Waals surface area contributed by atoms with E-state index in [1.165, 1.54) is 116 Å². The molecule has 0 aromatic carbocycles. The van der Waals surface area contributed by atoms with Gasteiger partial charge in [-0.3, -0.25) is 18.6 Å². The number of nitrogens with one attached hydrogen (secondary N) is 1. The Morgan fingerprint density at radius 1 is 0.541 bits per heavy atom. The van der Waals surface area contributed by atoms with Gasteiger partial charge in [0.25, 0.3) is 0 Å². The zero-order valence-corrected chi connectivity index (χ0v) is 39.6. The molecule has 61 heavy (non-hydrogen) atoms. The van der Waals surface area contributed by atoms with Gasteiger partial charge >= 0.3 is 19.8 Å². The van der Waals surface area contributed by atoms with E-state index >= 15 is 0 Å². The van der Waals surface area contributed by atoms with Crippen molar-refractivity contribution in [3.8, 4) is 0 Å². The summed E-state index contributed by atoms with van der Waals surface area (Å²) in [7, 11) is -4.76. The molecule has 0 saturated carbocycles. The molecule has 0 radical (unpaired) electrons. The van der Waals surface area contributed by atoms with Crippen LogP contribution in [0.5, 0.6) is 0 Å². The molecule has 3 atom stereocenters. The van der Waals surface area contributed by atoms with Gasteiger partial charge in [0.15, 0.2) is 6.04 Å². The highest BCUT2D eigenvalue weighted by atomic mass is 31.2. The summed E-state index contributed by atoms with van der Waals surface area (Å²) in [4.78, 5) is 46.0. The van der Waals surface area contributed by atoms with Crippen LogP contribution in [0.2, 0.25) is 0 Å². The lowest BCUT2D eigenvalue weighted by molar-refractivity contribution is -0.147. The Morgan fingerprint density at radius 3 is 1.43 bits per heavy atom.